The van der Waals surface area contributed by atoms with Gasteiger partial charge in [0.25, 0.3) is 0 Å². The van der Waals surface area contributed by atoms with Gasteiger partial charge in [-0.1, -0.05) is 304 Å². The van der Waals surface area contributed by atoms with Crippen molar-refractivity contribution in [2.24, 2.45) is 11.8 Å². The zero-order chi connectivity index (χ0) is 48.9. The second kappa shape index (κ2) is 53.8. The number of ether oxygens (including phenoxy) is 3. The summed E-state index contributed by atoms with van der Waals surface area (Å²) in [7, 11) is 0. The highest BCUT2D eigenvalue weighted by molar-refractivity contribution is 5.71. The van der Waals surface area contributed by atoms with Crippen LogP contribution in [0.1, 0.15) is 343 Å². The molecule has 0 fully saturated rings. The Morgan fingerprint density at radius 2 is 0.493 bits per heavy atom. The zero-order valence-electron chi connectivity index (χ0n) is 46.0. The van der Waals surface area contributed by atoms with E-state index in [2.05, 4.69) is 34.6 Å². The van der Waals surface area contributed by atoms with E-state index in [9.17, 15) is 14.4 Å². The molecule has 398 valence electrons. The lowest BCUT2D eigenvalue weighted by Gasteiger charge is -2.18. The molecular weight excluding hydrogens is 829 g/mol. The fraction of sp³-hybridized carbons (Fsp3) is 0.951. The van der Waals surface area contributed by atoms with Crippen LogP contribution in [0.3, 0.4) is 0 Å². The summed E-state index contributed by atoms with van der Waals surface area (Å²) in [6, 6.07) is 0. The van der Waals surface area contributed by atoms with E-state index in [-0.39, 0.29) is 31.1 Å². The maximum absolute atomic E-state index is 12.9. The van der Waals surface area contributed by atoms with E-state index < -0.39 is 6.10 Å². The molecule has 0 aliphatic heterocycles. The maximum atomic E-state index is 12.9. The van der Waals surface area contributed by atoms with Gasteiger partial charge in [-0.15, -0.1) is 0 Å². The third-order valence-electron chi connectivity index (χ3n) is 14.0. The number of esters is 3. The van der Waals surface area contributed by atoms with E-state index in [1.807, 2.05) is 0 Å². The van der Waals surface area contributed by atoms with E-state index in [1.54, 1.807) is 0 Å². The molecule has 0 rings (SSSR count). The van der Waals surface area contributed by atoms with Crippen molar-refractivity contribution < 1.29 is 28.6 Å². The van der Waals surface area contributed by atoms with Crippen molar-refractivity contribution >= 4 is 17.9 Å². The van der Waals surface area contributed by atoms with Crippen LogP contribution in [0.15, 0.2) is 0 Å². The summed E-state index contributed by atoms with van der Waals surface area (Å²) < 4.78 is 16.9. The van der Waals surface area contributed by atoms with Crippen LogP contribution in [0.25, 0.3) is 0 Å². The van der Waals surface area contributed by atoms with Gasteiger partial charge >= 0.3 is 17.9 Å². The van der Waals surface area contributed by atoms with E-state index in [4.69, 9.17) is 14.2 Å². The maximum Gasteiger partial charge on any atom is 0.306 e. The average molecular weight is 948 g/mol. The van der Waals surface area contributed by atoms with E-state index in [1.165, 1.54) is 231 Å². The van der Waals surface area contributed by atoms with Crippen molar-refractivity contribution in [2.45, 2.75) is 349 Å². The lowest BCUT2D eigenvalue weighted by Crippen LogP contribution is -2.30. The third-order valence-corrected chi connectivity index (χ3v) is 14.0. The molecule has 0 spiro atoms. The highest BCUT2D eigenvalue weighted by Gasteiger charge is 2.19. The summed E-state index contributed by atoms with van der Waals surface area (Å²) in [5.41, 5.74) is 0. The molecule has 0 bridgehead atoms. The van der Waals surface area contributed by atoms with Gasteiger partial charge < -0.3 is 14.2 Å². The monoisotopic (exact) mass is 947 g/mol. The molecule has 6 nitrogen and oxygen atoms in total. The molecule has 0 unspecified atom stereocenters. The quantitative estimate of drug-likeness (QED) is 0.0343. The number of carbonyl (C=O) groups excluding carboxylic acids is 3. The fourth-order valence-corrected chi connectivity index (χ4v) is 9.40. The van der Waals surface area contributed by atoms with Crippen molar-refractivity contribution in [2.75, 3.05) is 13.2 Å². The molecule has 0 saturated carbocycles. The van der Waals surface area contributed by atoms with Crippen molar-refractivity contribution in [1.82, 2.24) is 0 Å². The minimum atomic E-state index is -0.763. The van der Waals surface area contributed by atoms with Crippen LogP contribution in [0.2, 0.25) is 0 Å². The summed E-state index contributed by atoms with van der Waals surface area (Å²) in [4.78, 5) is 38.2. The second-order valence-electron chi connectivity index (χ2n) is 21.9. The predicted octanol–water partition coefficient (Wildman–Crippen LogP) is 20.0. The molecule has 6 heteroatoms. The van der Waals surface area contributed by atoms with Crippen molar-refractivity contribution in [3.8, 4) is 0 Å². The van der Waals surface area contributed by atoms with Crippen LogP contribution in [0.4, 0.5) is 0 Å². The molecule has 0 N–H and O–H groups in total. The molecule has 0 aromatic heterocycles. The molecule has 0 aliphatic carbocycles. The summed E-state index contributed by atoms with van der Waals surface area (Å²) in [6.45, 7) is 11.4. The highest BCUT2D eigenvalue weighted by Crippen LogP contribution is 2.18. The molecule has 0 aromatic carbocycles. The second-order valence-corrected chi connectivity index (χ2v) is 21.9. The Hall–Kier alpha value is -1.59. The minimum Gasteiger partial charge on any atom is -0.462 e. The van der Waals surface area contributed by atoms with Gasteiger partial charge in [0.15, 0.2) is 6.10 Å². The number of hydrogen-bond acceptors (Lipinski definition) is 6. The van der Waals surface area contributed by atoms with Gasteiger partial charge in [-0.3, -0.25) is 14.4 Å². The molecule has 0 aliphatic rings. The molecule has 0 radical (unpaired) electrons. The first-order valence-electron chi connectivity index (χ1n) is 30.2. The van der Waals surface area contributed by atoms with Crippen LogP contribution < -0.4 is 0 Å². The minimum absolute atomic E-state index is 0.0624. The van der Waals surface area contributed by atoms with Crippen molar-refractivity contribution in [1.29, 1.82) is 0 Å². The molecule has 0 aromatic rings. The van der Waals surface area contributed by atoms with Gasteiger partial charge in [0.2, 0.25) is 0 Å². The molecule has 67 heavy (non-hydrogen) atoms. The molecule has 1 atom stereocenters. The Bertz CT molecular complexity index is 1020. The Kier molecular flexibility index (Phi) is 52.5. The predicted molar refractivity (Wildman–Crippen MR) is 289 cm³/mol. The zero-order valence-corrected chi connectivity index (χ0v) is 46.0. The first kappa shape index (κ1) is 65.4. The highest BCUT2D eigenvalue weighted by atomic mass is 16.6. The van der Waals surface area contributed by atoms with Gasteiger partial charge in [0.05, 0.1) is 0 Å². The van der Waals surface area contributed by atoms with Crippen LogP contribution in [0, 0.1) is 11.8 Å². The third kappa shape index (κ3) is 55.2. The van der Waals surface area contributed by atoms with Crippen LogP contribution in [-0.4, -0.2) is 37.2 Å². The van der Waals surface area contributed by atoms with Gasteiger partial charge in [-0.2, -0.15) is 0 Å². The van der Waals surface area contributed by atoms with Crippen molar-refractivity contribution in [3.05, 3.63) is 0 Å². The summed E-state index contributed by atoms with van der Waals surface area (Å²) >= 11 is 0. The Morgan fingerprint density at radius 1 is 0.284 bits per heavy atom. The van der Waals surface area contributed by atoms with Gasteiger partial charge in [-0.05, 0) is 31.1 Å². The number of hydrogen-bond donors (Lipinski definition) is 0. The fourth-order valence-electron chi connectivity index (χ4n) is 9.40. The van der Waals surface area contributed by atoms with Crippen LogP contribution >= 0.6 is 0 Å². The average Bonchev–Trinajstić information content (AvgIpc) is 3.30. The molecule has 0 amide bonds. The molecular formula is C61H118O6. The SMILES string of the molecule is CCCCCCCCCCCCCCCCCCCC(=O)O[C@@H](COC(=O)CCCCCCCCCCCCCCCCCCC(C)C)COC(=O)CCCCCCCCCCCCC(C)C. The topological polar surface area (TPSA) is 78.9 Å². The number of rotatable bonds is 55. The molecule has 0 heterocycles. The van der Waals surface area contributed by atoms with Crippen molar-refractivity contribution in [3.63, 3.8) is 0 Å². The lowest BCUT2D eigenvalue weighted by molar-refractivity contribution is -0.167. The Morgan fingerprint density at radius 3 is 0.731 bits per heavy atom. The first-order valence-corrected chi connectivity index (χ1v) is 30.2. The molecule has 0 saturated heterocycles. The smallest absolute Gasteiger partial charge is 0.306 e. The summed E-state index contributed by atoms with van der Waals surface area (Å²) in [5, 5.41) is 0. The number of carbonyl (C=O) groups is 3. The lowest BCUT2D eigenvalue weighted by atomic mass is 10.0. The largest absolute Gasteiger partial charge is 0.462 e. The Labute approximate surface area is 418 Å². The first-order chi connectivity index (χ1) is 32.7. The van der Waals surface area contributed by atoms with Crippen LogP contribution in [-0.2, 0) is 28.6 Å². The summed E-state index contributed by atoms with van der Waals surface area (Å²) in [5.74, 6) is 0.835. The number of unbranched alkanes of at least 4 members (excludes halogenated alkanes) is 40. The van der Waals surface area contributed by atoms with Gasteiger partial charge in [0.1, 0.15) is 13.2 Å². The van der Waals surface area contributed by atoms with Gasteiger partial charge in [-0.25, -0.2) is 0 Å². The Balaban J connectivity index is 4.27. The van der Waals surface area contributed by atoms with E-state index in [0.29, 0.717) is 19.3 Å². The normalized spacial score (nSPS) is 12.0. The summed E-state index contributed by atoms with van der Waals surface area (Å²) in [6.07, 6.45) is 58.1. The van der Waals surface area contributed by atoms with Crippen LogP contribution in [0.5, 0.6) is 0 Å². The van der Waals surface area contributed by atoms with Gasteiger partial charge in [0, 0.05) is 19.3 Å². The van der Waals surface area contributed by atoms with E-state index >= 15 is 0 Å². The van der Waals surface area contributed by atoms with E-state index in [0.717, 1.165) is 69.6 Å². The standard InChI is InChI=1S/C61H118O6/c1-6-7-8-9-10-11-12-13-14-15-20-23-26-33-38-43-48-53-61(64)67-58(55-66-60(63)52-47-42-37-32-28-27-30-35-40-45-50-57(4)5)54-65-59(62)51-46-41-36-31-25-22-19-17-16-18-21-24-29-34-39-44-49-56(2)3/h56-58H,6-55H2,1-5H3/t58-/m0/s1.